The number of hydrogen-bond donors (Lipinski definition) is 2. The molecule has 0 saturated heterocycles. The summed E-state index contributed by atoms with van der Waals surface area (Å²) in [6.07, 6.45) is 0. The first-order valence-corrected chi connectivity index (χ1v) is 6.10. The molecule has 0 aliphatic heterocycles. The van der Waals surface area contributed by atoms with Crippen LogP contribution in [0.4, 0.5) is 5.69 Å². The van der Waals surface area contributed by atoms with Crippen LogP contribution in [-0.2, 0) is 9.59 Å². The monoisotopic (exact) mass is 296 g/mol. The van der Waals surface area contributed by atoms with Gasteiger partial charge < -0.3 is 15.2 Å². The summed E-state index contributed by atoms with van der Waals surface area (Å²) in [6.45, 7) is 2.44. The van der Waals surface area contributed by atoms with Gasteiger partial charge in [-0.15, -0.1) is 0 Å². The van der Waals surface area contributed by atoms with E-state index in [4.69, 9.17) is 9.84 Å². The average Bonchev–Trinajstić information content (AvgIpc) is 2.43. The zero-order chi connectivity index (χ0) is 16.0. The Balaban J connectivity index is 2.55. The third kappa shape index (κ3) is 4.75. The number of carbonyl (C=O) groups excluding carboxylic acids is 1. The van der Waals surface area contributed by atoms with Crippen molar-refractivity contribution >= 4 is 17.6 Å². The molecule has 8 nitrogen and oxygen atoms in total. The van der Waals surface area contributed by atoms with Crippen molar-refractivity contribution in [2.24, 2.45) is 5.41 Å². The molecule has 0 atom stereocenters. The summed E-state index contributed by atoms with van der Waals surface area (Å²) in [5, 5.41) is 22.1. The summed E-state index contributed by atoms with van der Waals surface area (Å²) in [4.78, 5) is 32.6. The van der Waals surface area contributed by atoms with E-state index in [1.54, 1.807) is 6.07 Å². The maximum absolute atomic E-state index is 11.6. The van der Waals surface area contributed by atoms with E-state index in [0.29, 0.717) is 0 Å². The van der Waals surface area contributed by atoms with Gasteiger partial charge in [0.15, 0.2) is 12.4 Å². The number of aliphatic carboxylic acids is 1. The number of nitro groups is 1. The van der Waals surface area contributed by atoms with Gasteiger partial charge in [-0.05, 0) is 19.9 Å². The van der Waals surface area contributed by atoms with Crippen LogP contribution in [0.3, 0.4) is 0 Å². The van der Waals surface area contributed by atoms with Crippen LogP contribution in [0.5, 0.6) is 5.75 Å². The second-order valence-corrected chi connectivity index (χ2v) is 4.98. The Hall–Kier alpha value is -2.64. The predicted octanol–water partition coefficient (Wildman–Crippen LogP) is 1.20. The standard InChI is InChI=1S/C13H16N2O6/c1-13(2,12(17)18)8-14-11(16)7-21-10-6-4-3-5-9(10)15(19)20/h3-6H,7-8H2,1-2H3,(H,14,16)(H,17,18). The lowest BCUT2D eigenvalue weighted by Crippen LogP contribution is -2.40. The fraction of sp³-hybridized carbons (Fsp3) is 0.385. The van der Waals surface area contributed by atoms with E-state index in [1.165, 1.54) is 32.0 Å². The van der Waals surface area contributed by atoms with Gasteiger partial charge in [-0.1, -0.05) is 12.1 Å². The van der Waals surface area contributed by atoms with Gasteiger partial charge in [0.25, 0.3) is 5.91 Å². The highest BCUT2D eigenvalue weighted by atomic mass is 16.6. The molecular formula is C13H16N2O6. The van der Waals surface area contributed by atoms with E-state index in [2.05, 4.69) is 5.32 Å². The fourth-order valence-corrected chi connectivity index (χ4v) is 1.32. The van der Waals surface area contributed by atoms with Crippen molar-refractivity contribution in [2.45, 2.75) is 13.8 Å². The molecule has 21 heavy (non-hydrogen) atoms. The number of nitro benzene ring substituents is 1. The highest BCUT2D eigenvalue weighted by Gasteiger charge is 2.27. The van der Waals surface area contributed by atoms with E-state index >= 15 is 0 Å². The Bertz CT molecular complexity index is 555. The normalized spacial score (nSPS) is 10.8. The maximum Gasteiger partial charge on any atom is 0.310 e. The molecule has 1 amide bonds. The molecule has 1 aromatic carbocycles. The molecule has 2 N–H and O–H groups in total. The van der Waals surface area contributed by atoms with Crippen LogP contribution < -0.4 is 10.1 Å². The molecular weight excluding hydrogens is 280 g/mol. The first-order valence-electron chi connectivity index (χ1n) is 6.10. The molecule has 114 valence electrons. The van der Waals surface area contributed by atoms with Gasteiger partial charge in [0.2, 0.25) is 0 Å². The largest absolute Gasteiger partial charge is 0.481 e. The zero-order valence-electron chi connectivity index (χ0n) is 11.7. The third-order valence-corrected chi connectivity index (χ3v) is 2.73. The van der Waals surface area contributed by atoms with Gasteiger partial charge in [0.05, 0.1) is 10.3 Å². The third-order valence-electron chi connectivity index (χ3n) is 2.73. The van der Waals surface area contributed by atoms with Crippen LogP contribution in [0, 0.1) is 15.5 Å². The predicted molar refractivity (Wildman–Crippen MR) is 73.0 cm³/mol. The van der Waals surface area contributed by atoms with Crippen molar-refractivity contribution in [3.05, 3.63) is 34.4 Å². The highest BCUT2D eigenvalue weighted by Crippen LogP contribution is 2.25. The van der Waals surface area contributed by atoms with Gasteiger partial charge >= 0.3 is 11.7 Å². The smallest absolute Gasteiger partial charge is 0.310 e. The Morgan fingerprint density at radius 2 is 2.00 bits per heavy atom. The van der Waals surface area contributed by atoms with Gasteiger partial charge in [-0.3, -0.25) is 19.7 Å². The summed E-state index contributed by atoms with van der Waals surface area (Å²) >= 11 is 0. The van der Waals surface area contributed by atoms with E-state index in [-0.39, 0.29) is 18.0 Å². The lowest BCUT2D eigenvalue weighted by molar-refractivity contribution is -0.385. The van der Waals surface area contributed by atoms with Crippen molar-refractivity contribution in [1.82, 2.24) is 5.32 Å². The van der Waals surface area contributed by atoms with Gasteiger partial charge in [0, 0.05) is 12.6 Å². The molecule has 8 heteroatoms. The van der Waals surface area contributed by atoms with Crippen LogP contribution >= 0.6 is 0 Å². The van der Waals surface area contributed by atoms with E-state index in [0.717, 1.165) is 0 Å². The van der Waals surface area contributed by atoms with Crippen molar-refractivity contribution in [3.8, 4) is 5.75 Å². The number of carboxylic acid groups (broad SMARTS) is 1. The topological polar surface area (TPSA) is 119 Å². The van der Waals surface area contributed by atoms with Crippen molar-refractivity contribution < 1.29 is 24.4 Å². The highest BCUT2D eigenvalue weighted by molar-refractivity contribution is 5.79. The summed E-state index contributed by atoms with van der Waals surface area (Å²) in [5.41, 5.74) is -1.34. The molecule has 0 radical (unpaired) electrons. The molecule has 0 aliphatic carbocycles. The molecule has 0 heterocycles. The molecule has 0 aromatic heterocycles. The van der Waals surface area contributed by atoms with Gasteiger partial charge in [0.1, 0.15) is 0 Å². The number of amides is 1. The van der Waals surface area contributed by atoms with E-state index < -0.39 is 28.8 Å². The Morgan fingerprint density at radius 3 is 2.57 bits per heavy atom. The lowest BCUT2D eigenvalue weighted by atomic mass is 9.94. The SMILES string of the molecule is CC(C)(CNC(=O)COc1ccccc1[N+](=O)[O-])C(=O)O. The quantitative estimate of drug-likeness (QED) is 0.576. The first-order chi connectivity index (χ1) is 9.74. The summed E-state index contributed by atoms with van der Waals surface area (Å²) in [7, 11) is 0. The second-order valence-electron chi connectivity index (χ2n) is 4.98. The molecule has 0 spiro atoms. The number of hydrogen-bond acceptors (Lipinski definition) is 5. The number of ether oxygens (including phenoxy) is 1. The molecule has 0 bridgehead atoms. The van der Waals surface area contributed by atoms with Crippen LogP contribution in [-0.4, -0.2) is 35.1 Å². The molecule has 1 rings (SSSR count). The number of para-hydroxylation sites is 2. The molecule has 0 unspecified atom stereocenters. The number of nitrogens with one attached hydrogen (secondary N) is 1. The Labute approximate surface area is 120 Å². The van der Waals surface area contributed by atoms with Crippen LogP contribution in [0.15, 0.2) is 24.3 Å². The lowest BCUT2D eigenvalue weighted by Gasteiger charge is -2.19. The van der Waals surface area contributed by atoms with Crippen LogP contribution in [0.2, 0.25) is 0 Å². The number of nitrogens with zero attached hydrogens (tertiary/aromatic N) is 1. The molecule has 0 fully saturated rings. The summed E-state index contributed by atoms with van der Waals surface area (Å²) < 4.78 is 5.08. The Morgan fingerprint density at radius 1 is 1.38 bits per heavy atom. The van der Waals surface area contributed by atoms with Gasteiger partial charge in [-0.25, -0.2) is 0 Å². The summed E-state index contributed by atoms with van der Waals surface area (Å²) in [6, 6.07) is 5.68. The molecule has 1 aromatic rings. The van der Waals surface area contributed by atoms with E-state index in [1.807, 2.05) is 0 Å². The zero-order valence-corrected chi connectivity index (χ0v) is 11.7. The van der Waals surface area contributed by atoms with Gasteiger partial charge in [-0.2, -0.15) is 0 Å². The number of carboxylic acids is 1. The minimum absolute atomic E-state index is 0.0184. The molecule has 0 saturated carbocycles. The average molecular weight is 296 g/mol. The fourth-order valence-electron chi connectivity index (χ4n) is 1.32. The number of carbonyl (C=O) groups is 2. The minimum atomic E-state index is -1.10. The number of rotatable bonds is 7. The van der Waals surface area contributed by atoms with Crippen molar-refractivity contribution in [3.63, 3.8) is 0 Å². The van der Waals surface area contributed by atoms with Crippen molar-refractivity contribution in [2.75, 3.05) is 13.2 Å². The minimum Gasteiger partial charge on any atom is -0.481 e. The summed E-state index contributed by atoms with van der Waals surface area (Å²) in [5.74, 6) is -1.61. The first kappa shape index (κ1) is 16.4. The van der Waals surface area contributed by atoms with Crippen LogP contribution in [0.25, 0.3) is 0 Å². The van der Waals surface area contributed by atoms with Crippen molar-refractivity contribution in [1.29, 1.82) is 0 Å². The molecule has 0 aliphatic rings. The Kier molecular flexibility index (Phi) is 5.23. The second kappa shape index (κ2) is 6.69. The maximum atomic E-state index is 11.6. The van der Waals surface area contributed by atoms with Crippen LogP contribution in [0.1, 0.15) is 13.8 Å². The van der Waals surface area contributed by atoms with E-state index in [9.17, 15) is 19.7 Å². The number of benzene rings is 1.